The summed E-state index contributed by atoms with van der Waals surface area (Å²) >= 11 is 3.37. The van der Waals surface area contributed by atoms with Crippen LogP contribution in [-0.4, -0.2) is 7.11 Å². The van der Waals surface area contributed by atoms with E-state index in [2.05, 4.69) is 27.3 Å². The molecule has 4 heteroatoms. The van der Waals surface area contributed by atoms with E-state index in [0.717, 1.165) is 21.5 Å². The number of ether oxygens (including phenoxy) is 1. The first-order chi connectivity index (χ1) is 9.65. The minimum absolute atomic E-state index is 0.0411. The highest BCUT2D eigenvalue weighted by Gasteiger charge is 2.12. The van der Waals surface area contributed by atoms with Crippen molar-refractivity contribution < 1.29 is 4.74 Å². The van der Waals surface area contributed by atoms with Crippen LogP contribution in [0.5, 0.6) is 5.75 Å². The van der Waals surface area contributed by atoms with Gasteiger partial charge in [-0.2, -0.15) is 5.26 Å². The molecule has 0 fully saturated rings. The molecule has 0 aliphatic rings. The predicted octanol–water partition coefficient (Wildman–Crippen LogP) is 4.50. The van der Waals surface area contributed by atoms with Gasteiger partial charge in [-0.3, -0.25) is 0 Å². The highest BCUT2D eigenvalue weighted by molar-refractivity contribution is 9.10. The number of anilines is 1. The van der Waals surface area contributed by atoms with Crippen LogP contribution >= 0.6 is 15.9 Å². The van der Waals surface area contributed by atoms with E-state index in [1.165, 1.54) is 0 Å². The zero-order chi connectivity index (χ0) is 14.5. The van der Waals surface area contributed by atoms with Gasteiger partial charge in [-0.1, -0.05) is 34.1 Å². The number of halogens is 1. The lowest BCUT2D eigenvalue weighted by Gasteiger charge is -2.19. The van der Waals surface area contributed by atoms with Crippen LogP contribution in [0, 0.1) is 11.3 Å². The quantitative estimate of drug-likeness (QED) is 0.897. The lowest BCUT2D eigenvalue weighted by molar-refractivity contribution is 0.408. The van der Waals surface area contributed by atoms with Crippen molar-refractivity contribution in [2.75, 3.05) is 12.4 Å². The molecule has 1 N–H and O–H groups in total. The number of rotatable bonds is 4. The molecule has 1 unspecified atom stereocenters. The van der Waals surface area contributed by atoms with Crippen LogP contribution in [0.1, 0.15) is 24.1 Å². The normalized spacial score (nSPS) is 11.5. The molecule has 20 heavy (non-hydrogen) atoms. The largest absolute Gasteiger partial charge is 0.496 e. The van der Waals surface area contributed by atoms with Gasteiger partial charge in [-0.15, -0.1) is 0 Å². The Balaban J connectivity index is 2.28. The first-order valence-electron chi connectivity index (χ1n) is 6.25. The molecule has 3 nitrogen and oxygen atoms in total. The van der Waals surface area contributed by atoms with Crippen molar-refractivity contribution >= 4 is 21.6 Å². The maximum atomic E-state index is 9.19. The van der Waals surface area contributed by atoms with E-state index >= 15 is 0 Å². The maximum absolute atomic E-state index is 9.19. The molecule has 0 aliphatic carbocycles. The summed E-state index contributed by atoms with van der Waals surface area (Å²) in [4.78, 5) is 0. The van der Waals surface area contributed by atoms with Gasteiger partial charge < -0.3 is 10.1 Å². The summed E-state index contributed by atoms with van der Waals surface area (Å²) in [5, 5.41) is 12.5. The summed E-state index contributed by atoms with van der Waals surface area (Å²) in [5.41, 5.74) is 2.48. The third-order valence-electron chi connectivity index (χ3n) is 3.08. The van der Waals surface area contributed by atoms with Crippen LogP contribution in [0.2, 0.25) is 0 Å². The van der Waals surface area contributed by atoms with E-state index in [9.17, 15) is 5.26 Å². The van der Waals surface area contributed by atoms with Crippen LogP contribution in [-0.2, 0) is 0 Å². The fourth-order valence-electron chi connectivity index (χ4n) is 2.07. The van der Waals surface area contributed by atoms with Crippen molar-refractivity contribution in [2.45, 2.75) is 13.0 Å². The van der Waals surface area contributed by atoms with Crippen molar-refractivity contribution in [3.05, 3.63) is 58.1 Å². The fourth-order valence-corrected chi connectivity index (χ4v) is 2.43. The Morgan fingerprint density at radius 2 is 2.00 bits per heavy atom. The number of nitrogens with one attached hydrogen (secondary N) is 1. The molecule has 0 saturated heterocycles. The van der Waals surface area contributed by atoms with Crippen LogP contribution in [0.25, 0.3) is 0 Å². The molecule has 2 aromatic carbocycles. The average molecular weight is 331 g/mol. The molecule has 0 spiro atoms. The van der Waals surface area contributed by atoms with Gasteiger partial charge in [-0.25, -0.2) is 0 Å². The second-order valence-electron chi connectivity index (χ2n) is 4.41. The molecule has 0 saturated carbocycles. The summed E-state index contributed by atoms with van der Waals surface area (Å²) in [7, 11) is 1.66. The standard InChI is InChI=1S/C16H15BrN2O/c1-11(14-5-3-4-6-16(14)20-2)19-15-8-7-13(17)9-12(15)10-18/h3-9,11,19H,1-2H3. The summed E-state index contributed by atoms with van der Waals surface area (Å²) in [6, 6.07) is 15.7. The Morgan fingerprint density at radius 3 is 2.70 bits per heavy atom. The Bertz CT molecular complexity index is 649. The molecule has 2 aromatic rings. The summed E-state index contributed by atoms with van der Waals surface area (Å²) < 4.78 is 6.26. The number of nitriles is 1. The average Bonchev–Trinajstić information content (AvgIpc) is 2.48. The molecule has 102 valence electrons. The molecule has 0 heterocycles. The van der Waals surface area contributed by atoms with Crippen LogP contribution in [0.3, 0.4) is 0 Å². The van der Waals surface area contributed by atoms with Crippen LogP contribution in [0.4, 0.5) is 5.69 Å². The molecule has 2 rings (SSSR count). The molecule has 1 atom stereocenters. The lowest BCUT2D eigenvalue weighted by atomic mass is 10.1. The van der Waals surface area contributed by atoms with Gasteiger partial charge in [0.25, 0.3) is 0 Å². The minimum atomic E-state index is 0.0411. The molecule has 0 aromatic heterocycles. The summed E-state index contributed by atoms with van der Waals surface area (Å²) in [5.74, 6) is 0.836. The molecule has 0 aliphatic heterocycles. The van der Waals surface area contributed by atoms with E-state index < -0.39 is 0 Å². The zero-order valence-electron chi connectivity index (χ0n) is 11.4. The van der Waals surface area contributed by atoms with Crippen molar-refractivity contribution in [1.29, 1.82) is 5.26 Å². The second kappa shape index (κ2) is 6.44. The highest BCUT2D eigenvalue weighted by atomic mass is 79.9. The van der Waals surface area contributed by atoms with Crippen LogP contribution in [0.15, 0.2) is 46.9 Å². The third kappa shape index (κ3) is 3.12. The Labute approximate surface area is 127 Å². The summed E-state index contributed by atoms with van der Waals surface area (Å²) in [6.07, 6.45) is 0. The topological polar surface area (TPSA) is 45.0 Å². The maximum Gasteiger partial charge on any atom is 0.124 e. The highest BCUT2D eigenvalue weighted by Crippen LogP contribution is 2.29. The fraction of sp³-hybridized carbons (Fsp3) is 0.188. The SMILES string of the molecule is COc1ccccc1C(C)Nc1ccc(Br)cc1C#N. The van der Waals surface area contributed by atoms with Gasteiger partial charge >= 0.3 is 0 Å². The molecular formula is C16H15BrN2O. The van der Waals surface area contributed by atoms with Crippen molar-refractivity contribution in [1.82, 2.24) is 0 Å². The van der Waals surface area contributed by atoms with Gasteiger partial charge in [0.1, 0.15) is 11.8 Å². The molecule has 0 amide bonds. The van der Waals surface area contributed by atoms with E-state index in [-0.39, 0.29) is 6.04 Å². The van der Waals surface area contributed by atoms with E-state index in [4.69, 9.17) is 4.74 Å². The third-order valence-corrected chi connectivity index (χ3v) is 3.57. The number of benzene rings is 2. The molecule has 0 radical (unpaired) electrons. The summed E-state index contributed by atoms with van der Waals surface area (Å²) in [6.45, 7) is 2.04. The number of methoxy groups -OCH3 is 1. The first kappa shape index (κ1) is 14.4. The smallest absolute Gasteiger partial charge is 0.124 e. The van der Waals surface area contributed by atoms with Crippen molar-refractivity contribution in [3.8, 4) is 11.8 Å². The number of hydrogen-bond donors (Lipinski definition) is 1. The second-order valence-corrected chi connectivity index (χ2v) is 5.33. The van der Waals surface area contributed by atoms with Gasteiger partial charge in [-0.05, 0) is 31.2 Å². The van der Waals surface area contributed by atoms with Gasteiger partial charge in [0.05, 0.1) is 24.4 Å². The number of hydrogen-bond acceptors (Lipinski definition) is 3. The van der Waals surface area contributed by atoms with Crippen molar-refractivity contribution in [2.24, 2.45) is 0 Å². The van der Waals surface area contributed by atoms with E-state index in [1.807, 2.05) is 43.3 Å². The Morgan fingerprint density at radius 1 is 1.25 bits per heavy atom. The number of para-hydroxylation sites is 1. The van der Waals surface area contributed by atoms with E-state index in [1.54, 1.807) is 13.2 Å². The predicted molar refractivity (Wildman–Crippen MR) is 83.9 cm³/mol. The van der Waals surface area contributed by atoms with Gasteiger partial charge in [0.2, 0.25) is 0 Å². The minimum Gasteiger partial charge on any atom is -0.496 e. The van der Waals surface area contributed by atoms with Gasteiger partial charge in [0, 0.05) is 10.0 Å². The van der Waals surface area contributed by atoms with Gasteiger partial charge in [0.15, 0.2) is 0 Å². The number of nitrogens with zero attached hydrogens (tertiary/aromatic N) is 1. The Kier molecular flexibility index (Phi) is 4.65. The molecular weight excluding hydrogens is 316 g/mol. The molecule has 0 bridgehead atoms. The monoisotopic (exact) mass is 330 g/mol. The van der Waals surface area contributed by atoms with Crippen LogP contribution < -0.4 is 10.1 Å². The Hall–Kier alpha value is -1.99. The van der Waals surface area contributed by atoms with E-state index in [0.29, 0.717) is 5.56 Å². The zero-order valence-corrected chi connectivity index (χ0v) is 12.9. The lowest BCUT2D eigenvalue weighted by Crippen LogP contribution is -2.09. The first-order valence-corrected chi connectivity index (χ1v) is 7.04. The van der Waals surface area contributed by atoms with Crippen molar-refractivity contribution in [3.63, 3.8) is 0 Å².